The lowest BCUT2D eigenvalue weighted by Gasteiger charge is -2.17. The van der Waals surface area contributed by atoms with Crippen molar-refractivity contribution in [3.8, 4) is 0 Å². The summed E-state index contributed by atoms with van der Waals surface area (Å²) in [6.07, 6.45) is -1.65. The maximum atomic E-state index is 11.8. The molecule has 0 heterocycles. The van der Waals surface area contributed by atoms with Gasteiger partial charge < -0.3 is 5.32 Å². The van der Waals surface area contributed by atoms with Gasteiger partial charge in [-0.2, -0.15) is 8.78 Å². The second-order valence-corrected chi connectivity index (χ2v) is 5.18. The first-order valence-corrected chi connectivity index (χ1v) is 6.64. The second kappa shape index (κ2) is 6.74. The highest BCUT2D eigenvalue weighted by atomic mass is 32.2. The third-order valence-corrected chi connectivity index (χ3v) is 3.28. The number of alkyl halides is 2. The van der Waals surface area contributed by atoms with Crippen molar-refractivity contribution in [2.45, 2.75) is 19.8 Å². The standard InChI is InChI=1S/C8H16F2N2O3S/c1-3-12(16(2,14)15)6-4-5-11-8(13)7(9)10/h7H,3-6H2,1-2H3,(H,11,13). The van der Waals surface area contributed by atoms with Gasteiger partial charge in [-0.3, -0.25) is 4.79 Å². The lowest BCUT2D eigenvalue weighted by molar-refractivity contribution is -0.131. The Morgan fingerprint density at radius 3 is 2.38 bits per heavy atom. The first kappa shape index (κ1) is 15.2. The van der Waals surface area contributed by atoms with Gasteiger partial charge in [-0.05, 0) is 6.42 Å². The first-order valence-electron chi connectivity index (χ1n) is 4.80. The number of amides is 1. The Kier molecular flexibility index (Phi) is 6.42. The molecule has 0 rings (SSSR count). The molecule has 5 nitrogen and oxygen atoms in total. The molecular weight excluding hydrogens is 242 g/mol. The molecule has 0 atom stereocenters. The minimum absolute atomic E-state index is 0.0369. The highest BCUT2D eigenvalue weighted by Gasteiger charge is 2.15. The number of hydrogen-bond acceptors (Lipinski definition) is 3. The van der Waals surface area contributed by atoms with E-state index in [1.807, 2.05) is 5.32 Å². The summed E-state index contributed by atoms with van der Waals surface area (Å²) in [4.78, 5) is 10.5. The molecule has 1 N–H and O–H groups in total. The molecule has 8 heteroatoms. The SMILES string of the molecule is CCN(CCCNC(=O)C(F)F)S(C)(=O)=O. The minimum Gasteiger partial charge on any atom is -0.351 e. The van der Waals surface area contributed by atoms with E-state index in [4.69, 9.17) is 0 Å². The quantitative estimate of drug-likeness (QED) is 0.656. The molecule has 0 aromatic carbocycles. The molecule has 1 amide bonds. The van der Waals surface area contributed by atoms with Crippen LogP contribution in [0.3, 0.4) is 0 Å². The van der Waals surface area contributed by atoms with Crippen LogP contribution in [0.5, 0.6) is 0 Å². The molecule has 0 aliphatic rings. The lowest BCUT2D eigenvalue weighted by Crippen LogP contribution is -2.35. The van der Waals surface area contributed by atoms with Crippen molar-refractivity contribution in [2.75, 3.05) is 25.9 Å². The van der Waals surface area contributed by atoms with Crippen LogP contribution in [0.2, 0.25) is 0 Å². The molecule has 0 aliphatic carbocycles. The molecule has 0 bridgehead atoms. The molecule has 0 spiro atoms. The van der Waals surface area contributed by atoms with Crippen molar-refractivity contribution in [1.29, 1.82) is 0 Å². The normalized spacial score (nSPS) is 12.1. The minimum atomic E-state index is -3.26. The van der Waals surface area contributed by atoms with Gasteiger partial charge in [-0.15, -0.1) is 0 Å². The summed E-state index contributed by atoms with van der Waals surface area (Å²) in [7, 11) is -3.26. The number of halogens is 2. The molecule has 0 saturated heterocycles. The zero-order valence-electron chi connectivity index (χ0n) is 9.24. The predicted molar refractivity (Wildman–Crippen MR) is 55.7 cm³/mol. The van der Waals surface area contributed by atoms with Gasteiger partial charge in [0.2, 0.25) is 10.0 Å². The molecule has 96 valence electrons. The van der Waals surface area contributed by atoms with Crippen molar-refractivity contribution in [2.24, 2.45) is 0 Å². The van der Waals surface area contributed by atoms with E-state index in [1.54, 1.807) is 6.92 Å². The zero-order valence-corrected chi connectivity index (χ0v) is 10.1. The Morgan fingerprint density at radius 2 is 2.00 bits per heavy atom. The topological polar surface area (TPSA) is 66.5 Å². The molecule has 0 aliphatic heterocycles. The van der Waals surface area contributed by atoms with Crippen molar-refractivity contribution in [3.05, 3.63) is 0 Å². The summed E-state index contributed by atoms with van der Waals surface area (Å²) in [5, 5.41) is 2.00. The van der Waals surface area contributed by atoms with Gasteiger partial charge in [-0.1, -0.05) is 6.92 Å². The number of carbonyl (C=O) groups is 1. The Bertz CT molecular complexity index is 319. The van der Waals surface area contributed by atoms with Gasteiger partial charge in [0.1, 0.15) is 0 Å². The molecule has 16 heavy (non-hydrogen) atoms. The molecule has 0 unspecified atom stereocenters. The maximum Gasteiger partial charge on any atom is 0.315 e. The Hall–Kier alpha value is -0.760. The summed E-state index contributed by atoms with van der Waals surface area (Å²) >= 11 is 0. The molecular formula is C8H16F2N2O3S. The van der Waals surface area contributed by atoms with Crippen LogP contribution in [0.15, 0.2) is 0 Å². The van der Waals surface area contributed by atoms with E-state index >= 15 is 0 Å². The van der Waals surface area contributed by atoms with E-state index < -0.39 is 22.4 Å². The number of sulfonamides is 1. The summed E-state index contributed by atoms with van der Waals surface area (Å²) in [6, 6.07) is 0. The number of nitrogens with one attached hydrogen (secondary N) is 1. The Labute approximate surface area is 93.9 Å². The van der Waals surface area contributed by atoms with E-state index in [-0.39, 0.29) is 13.1 Å². The fourth-order valence-corrected chi connectivity index (χ4v) is 2.03. The van der Waals surface area contributed by atoms with Gasteiger partial charge in [0, 0.05) is 19.6 Å². The summed E-state index contributed by atoms with van der Waals surface area (Å²) in [5.41, 5.74) is 0. The van der Waals surface area contributed by atoms with Gasteiger partial charge >= 0.3 is 6.43 Å². The third-order valence-electron chi connectivity index (χ3n) is 1.90. The largest absolute Gasteiger partial charge is 0.351 e. The van der Waals surface area contributed by atoms with Crippen LogP contribution < -0.4 is 5.32 Å². The smallest absolute Gasteiger partial charge is 0.315 e. The number of carbonyl (C=O) groups excluding carboxylic acids is 1. The average molecular weight is 258 g/mol. The summed E-state index contributed by atoms with van der Waals surface area (Å²) in [6.45, 7) is 2.24. The Morgan fingerprint density at radius 1 is 1.44 bits per heavy atom. The van der Waals surface area contributed by atoms with Crippen LogP contribution in [0.4, 0.5) is 8.78 Å². The predicted octanol–water partition coefficient (Wildman–Crippen LogP) is 0.0393. The Balaban J connectivity index is 3.86. The van der Waals surface area contributed by atoms with E-state index in [0.717, 1.165) is 6.26 Å². The monoisotopic (exact) mass is 258 g/mol. The fourth-order valence-electron chi connectivity index (χ4n) is 1.10. The van der Waals surface area contributed by atoms with E-state index in [9.17, 15) is 22.0 Å². The van der Waals surface area contributed by atoms with Gasteiger partial charge in [0.05, 0.1) is 6.26 Å². The third kappa shape index (κ3) is 5.96. The molecule has 0 radical (unpaired) electrons. The number of nitrogens with zero attached hydrogens (tertiary/aromatic N) is 1. The molecule has 0 aromatic rings. The van der Waals surface area contributed by atoms with Crippen LogP contribution in [-0.4, -0.2) is 50.9 Å². The van der Waals surface area contributed by atoms with E-state index in [2.05, 4.69) is 0 Å². The van der Waals surface area contributed by atoms with Gasteiger partial charge in [0.25, 0.3) is 5.91 Å². The van der Waals surface area contributed by atoms with Crippen molar-refractivity contribution < 1.29 is 22.0 Å². The van der Waals surface area contributed by atoms with Crippen LogP contribution in [-0.2, 0) is 14.8 Å². The van der Waals surface area contributed by atoms with Gasteiger partial charge in [-0.25, -0.2) is 12.7 Å². The zero-order chi connectivity index (χ0) is 12.8. The van der Waals surface area contributed by atoms with Crippen molar-refractivity contribution in [1.82, 2.24) is 9.62 Å². The first-order chi connectivity index (χ1) is 7.29. The highest BCUT2D eigenvalue weighted by molar-refractivity contribution is 7.88. The average Bonchev–Trinajstić information content (AvgIpc) is 2.15. The number of rotatable bonds is 7. The van der Waals surface area contributed by atoms with E-state index in [1.165, 1.54) is 4.31 Å². The van der Waals surface area contributed by atoms with E-state index in [0.29, 0.717) is 13.0 Å². The van der Waals surface area contributed by atoms with Crippen LogP contribution in [0.1, 0.15) is 13.3 Å². The fraction of sp³-hybridized carbons (Fsp3) is 0.875. The highest BCUT2D eigenvalue weighted by Crippen LogP contribution is 1.98. The number of hydrogen-bond donors (Lipinski definition) is 1. The summed E-state index contributed by atoms with van der Waals surface area (Å²) in [5.74, 6) is -1.33. The second-order valence-electron chi connectivity index (χ2n) is 3.20. The summed E-state index contributed by atoms with van der Waals surface area (Å²) < 4.78 is 46.9. The molecule has 0 fully saturated rings. The van der Waals surface area contributed by atoms with Crippen LogP contribution >= 0.6 is 0 Å². The maximum absolute atomic E-state index is 11.8. The molecule has 0 saturated carbocycles. The van der Waals surface area contributed by atoms with Crippen molar-refractivity contribution >= 4 is 15.9 Å². The molecule has 0 aromatic heterocycles. The lowest BCUT2D eigenvalue weighted by atomic mass is 10.4. The van der Waals surface area contributed by atoms with Crippen molar-refractivity contribution in [3.63, 3.8) is 0 Å². The van der Waals surface area contributed by atoms with Gasteiger partial charge in [0.15, 0.2) is 0 Å². The van der Waals surface area contributed by atoms with Crippen LogP contribution in [0, 0.1) is 0 Å². The van der Waals surface area contributed by atoms with Crippen LogP contribution in [0.25, 0.3) is 0 Å².